The lowest BCUT2D eigenvalue weighted by Crippen LogP contribution is -2.41. The Labute approximate surface area is 141 Å². The van der Waals surface area contributed by atoms with Crippen molar-refractivity contribution in [2.75, 3.05) is 18.4 Å². The third-order valence-electron chi connectivity index (χ3n) is 4.05. The predicted molar refractivity (Wildman–Crippen MR) is 91.1 cm³/mol. The molecule has 0 radical (unpaired) electrons. The molecule has 3 rings (SSSR count). The molecule has 128 valence electrons. The number of piperidine rings is 1. The number of hydrogen-bond donors (Lipinski definition) is 1. The van der Waals surface area contributed by atoms with E-state index in [1.54, 1.807) is 12.7 Å². The molecule has 0 aliphatic carbocycles. The van der Waals surface area contributed by atoms with Crippen molar-refractivity contribution in [3.8, 4) is 5.75 Å². The molecule has 1 aromatic carbocycles. The highest BCUT2D eigenvalue weighted by atomic mass is 16.5. The third kappa shape index (κ3) is 3.84. The fraction of sp³-hybridized carbons (Fsp3) is 0.471. The van der Waals surface area contributed by atoms with Crippen LogP contribution in [0.15, 0.2) is 36.9 Å². The summed E-state index contributed by atoms with van der Waals surface area (Å²) in [6.07, 6.45) is 5.09. The van der Waals surface area contributed by atoms with E-state index in [1.165, 1.54) is 0 Å². The maximum absolute atomic E-state index is 12.5. The molecule has 2 heterocycles. The van der Waals surface area contributed by atoms with E-state index in [2.05, 4.69) is 15.4 Å². The Hall–Kier alpha value is -2.57. The minimum atomic E-state index is -0.0909. The Balaban J connectivity index is 1.58. The van der Waals surface area contributed by atoms with Crippen LogP contribution in [-0.2, 0) is 0 Å². The minimum absolute atomic E-state index is 0.0569. The summed E-state index contributed by atoms with van der Waals surface area (Å²) in [7, 11) is 0. The molecule has 1 aliphatic rings. The highest BCUT2D eigenvalue weighted by Crippen LogP contribution is 2.26. The molecule has 1 aliphatic heterocycles. The van der Waals surface area contributed by atoms with E-state index in [0.29, 0.717) is 30.6 Å². The predicted octanol–water partition coefficient (Wildman–Crippen LogP) is 2.93. The Morgan fingerprint density at radius 3 is 2.71 bits per heavy atom. The zero-order valence-electron chi connectivity index (χ0n) is 14.1. The molecule has 0 saturated carbocycles. The number of rotatable bonds is 4. The van der Waals surface area contributed by atoms with Crippen LogP contribution in [0.2, 0.25) is 0 Å². The lowest BCUT2D eigenvalue weighted by Gasteiger charge is -2.32. The van der Waals surface area contributed by atoms with Gasteiger partial charge in [0.05, 0.1) is 17.8 Å². The second-order valence-electron chi connectivity index (χ2n) is 6.19. The van der Waals surface area contributed by atoms with Crippen LogP contribution in [0.4, 0.5) is 10.5 Å². The summed E-state index contributed by atoms with van der Waals surface area (Å²) in [5.74, 6) is 0.693. The van der Waals surface area contributed by atoms with Crippen molar-refractivity contribution >= 4 is 11.7 Å². The standard InChI is InChI=1S/C17H23N5O2/c1-13(2)24-16-6-4-3-5-15(16)20-17(23)21-9-7-14(8-10-21)22-12-18-11-19-22/h3-6,11-14H,7-10H2,1-2H3,(H,20,23). The Morgan fingerprint density at radius 1 is 1.29 bits per heavy atom. The van der Waals surface area contributed by atoms with Crippen molar-refractivity contribution in [1.82, 2.24) is 19.7 Å². The molecular formula is C17H23N5O2. The Morgan fingerprint density at radius 2 is 2.04 bits per heavy atom. The molecule has 0 unspecified atom stereocenters. The van der Waals surface area contributed by atoms with E-state index in [1.807, 2.05) is 47.7 Å². The van der Waals surface area contributed by atoms with Crippen molar-refractivity contribution in [3.05, 3.63) is 36.9 Å². The second-order valence-corrected chi connectivity index (χ2v) is 6.19. The van der Waals surface area contributed by atoms with E-state index < -0.39 is 0 Å². The number of urea groups is 1. The van der Waals surface area contributed by atoms with Crippen LogP contribution < -0.4 is 10.1 Å². The van der Waals surface area contributed by atoms with Crippen LogP contribution in [-0.4, -0.2) is 44.9 Å². The van der Waals surface area contributed by atoms with Crippen LogP contribution in [0, 0.1) is 0 Å². The van der Waals surface area contributed by atoms with Crippen LogP contribution in [0.1, 0.15) is 32.7 Å². The summed E-state index contributed by atoms with van der Waals surface area (Å²) in [5.41, 5.74) is 0.703. The summed E-state index contributed by atoms with van der Waals surface area (Å²) in [6, 6.07) is 7.74. The first kappa shape index (κ1) is 16.3. The number of likely N-dealkylation sites (tertiary alicyclic amines) is 1. The van der Waals surface area contributed by atoms with Gasteiger partial charge >= 0.3 is 6.03 Å². The lowest BCUT2D eigenvalue weighted by molar-refractivity contribution is 0.180. The molecule has 24 heavy (non-hydrogen) atoms. The second kappa shape index (κ2) is 7.33. The quantitative estimate of drug-likeness (QED) is 0.936. The van der Waals surface area contributed by atoms with Gasteiger partial charge in [-0.1, -0.05) is 12.1 Å². The van der Waals surface area contributed by atoms with Crippen molar-refractivity contribution < 1.29 is 9.53 Å². The smallest absolute Gasteiger partial charge is 0.321 e. The number of amides is 2. The normalized spacial score (nSPS) is 15.5. The maximum atomic E-state index is 12.5. The molecule has 2 amide bonds. The average Bonchev–Trinajstić information content (AvgIpc) is 3.11. The zero-order valence-corrected chi connectivity index (χ0v) is 14.1. The van der Waals surface area contributed by atoms with Crippen molar-refractivity contribution in [3.63, 3.8) is 0 Å². The summed E-state index contributed by atoms with van der Waals surface area (Å²) in [6.45, 7) is 5.33. The van der Waals surface area contributed by atoms with Gasteiger partial charge in [-0.2, -0.15) is 5.10 Å². The molecule has 1 fully saturated rings. The number of nitrogens with one attached hydrogen (secondary N) is 1. The monoisotopic (exact) mass is 329 g/mol. The zero-order chi connectivity index (χ0) is 16.9. The first-order valence-corrected chi connectivity index (χ1v) is 8.29. The lowest BCUT2D eigenvalue weighted by atomic mass is 10.1. The van der Waals surface area contributed by atoms with Gasteiger partial charge in [0.1, 0.15) is 18.4 Å². The first-order valence-electron chi connectivity index (χ1n) is 8.29. The summed E-state index contributed by atoms with van der Waals surface area (Å²) in [4.78, 5) is 18.3. The van der Waals surface area contributed by atoms with Crippen LogP contribution >= 0.6 is 0 Å². The minimum Gasteiger partial charge on any atom is -0.489 e. The molecule has 1 saturated heterocycles. The van der Waals surface area contributed by atoms with Crippen LogP contribution in [0.5, 0.6) is 5.75 Å². The Kier molecular flexibility index (Phi) is 4.98. The van der Waals surface area contributed by atoms with Gasteiger partial charge in [0, 0.05) is 13.1 Å². The number of ether oxygens (including phenoxy) is 1. The fourth-order valence-electron chi connectivity index (χ4n) is 2.86. The van der Waals surface area contributed by atoms with Crippen LogP contribution in [0.3, 0.4) is 0 Å². The molecule has 0 spiro atoms. The maximum Gasteiger partial charge on any atom is 0.321 e. The summed E-state index contributed by atoms with van der Waals surface area (Å²) in [5, 5.41) is 7.15. The Bertz CT molecular complexity index is 663. The number of para-hydroxylation sites is 2. The molecular weight excluding hydrogens is 306 g/mol. The van der Waals surface area contributed by atoms with E-state index >= 15 is 0 Å². The van der Waals surface area contributed by atoms with Gasteiger partial charge in [-0.15, -0.1) is 0 Å². The van der Waals surface area contributed by atoms with Gasteiger partial charge in [-0.25, -0.2) is 14.5 Å². The third-order valence-corrected chi connectivity index (χ3v) is 4.05. The number of benzene rings is 1. The number of hydrogen-bond acceptors (Lipinski definition) is 4. The number of carbonyl (C=O) groups excluding carboxylic acids is 1. The number of aromatic nitrogens is 3. The fourth-order valence-corrected chi connectivity index (χ4v) is 2.86. The highest BCUT2D eigenvalue weighted by molar-refractivity contribution is 5.91. The van der Waals surface area contributed by atoms with Gasteiger partial charge in [-0.3, -0.25) is 0 Å². The van der Waals surface area contributed by atoms with Gasteiger partial charge in [-0.05, 0) is 38.8 Å². The summed E-state index contributed by atoms with van der Waals surface area (Å²) < 4.78 is 7.62. The van der Waals surface area contributed by atoms with E-state index in [4.69, 9.17) is 4.74 Å². The van der Waals surface area contributed by atoms with E-state index in [0.717, 1.165) is 12.8 Å². The van der Waals surface area contributed by atoms with Gasteiger partial charge < -0.3 is 15.0 Å². The topological polar surface area (TPSA) is 72.3 Å². The molecule has 2 aromatic rings. The average molecular weight is 329 g/mol. The van der Waals surface area contributed by atoms with Gasteiger partial charge in [0.15, 0.2) is 0 Å². The largest absolute Gasteiger partial charge is 0.489 e. The van der Waals surface area contributed by atoms with Gasteiger partial charge in [0.25, 0.3) is 0 Å². The molecule has 0 bridgehead atoms. The summed E-state index contributed by atoms with van der Waals surface area (Å²) >= 11 is 0. The molecule has 0 atom stereocenters. The first-order chi connectivity index (χ1) is 11.6. The molecule has 1 N–H and O–H groups in total. The SMILES string of the molecule is CC(C)Oc1ccccc1NC(=O)N1CCC(n2cncn2)CC1. The molecule has 7 heteroatoms. The number of nitrogens with zero attached hydrogens (tertiary/aromatic N) is 4. The van der Waals surface area contributed by atoms with E-state index in [9.17, 15) is 4.79 Å². The van der Waals surface area contributed by atoms with E-state index in [-0.39, 0.29) is 12.1 Å². The van der Waals surface area contributed by atoms with Crippen molar-refractivity contribution in [1.29, 1.82) is 0 Å². The van der Waals surface area contributed by atoms with Crippen molar-refractivity contribution in [2.45, 2.75) is 38.8 Å². The van der Waals surface area contributed by atoms with Crippen molar-refractivity contribution in [2.24, 2.45) is 0 Å². The number of anilines is 1. The van der Waals surface area contributed by atoms with Crippen LogP contribution in [0.25, 0.3) is 0 Å². The number of carbonyl (C=O) groups is 1. The molecule has 7 nitrogen and oxygen atoms in total. The van der Waals surface area contributed by atoms with Gasteiger partial charge in [0.2, 0.25) is 0 Å². The highest BCUT2D eigenvalue weighted by Gasteiger charge is 2.24. The molecule has 1 aromatic heterocycles.